The Labute approximate surface area is 125 Å². The summed E-state index contributed by atoms with van der Waals surface area (Å²) in [6, 6.07) is 9.39. The number of hydrogen-bond donors (Lipinski definition) is 1. The monoisotopic (exact) mass is 290 g/mol. The molecule has 0 heterocycles. The summed E-state index contributed by atoms with van der Waals surface area (Å²) in [5.41, 5.74) is 0.900. The van der Waals surface area contributed by atoms with Crippen molar-refractivity contribution in [3.8, 4) is 0 Å². The first-order valence-corrected chi connectivity index (χ1v) is 7.49. The van der Waals surface area contributed by atoms with Crippen LogP contribution in [0.4, 0.5) is 0 Å². The van der Waals surface area contributed by atoms with Gasteiger partial charge in [-0.15, -0.1) is 0 Å². The van der Waals surface area contributed by atoms with Gasteiger partial charge in [-0.2, -0.15) is 4.89 Å². The molecule has 114 valence electrons. The maximum Gasteiger partial charge on any atom is 0.374 e. The van der Waals surface area contributed by atoms with E-state index in [-0.39, 0.29) is 6.61 Å². The van der Waals surface area contributed by atoms with Crippen LogP contribution in [0.3, 0.4) is 0 Å². The van der Waals surface area contributed by atoms with E-state index in [1.54, 1.807) is 0 Å². The Hall–Kier alpha value is -1.65. The standard InChI is InChI=1S/C17H22O4/c18-16(12-11-14-7-3-1-4-8-14)17(19)21-20-13-15-9-5-2-6-10-15/h2,5-6,9-12,14,16,18H,1,3-4,7-8,13H2/b12-11+/t16-/m0/s1. The van der Waals surface area contributed by atoms with Crippen LogP contribution in [-0.4, -0.2) is 17.2 Å². The summed E-state index contributed by atoms with van der Waals surface area (Å²) in [5, 5.41) is 9.70. The summed E-state index contributed by atoms with van der Waals surface area (Å²) in [5.74, 6) is -0.315. The highest BCUT2D eigenvalue weighted by Gasteiger charge is 2.16. The molecule has 0 unspecified atom stereocenters. The van der Waals surface area contributed by atoms with Gasteiger partial charge in [0.1, 0.15) is 6.61 Å². The van der Waals surface area contributed by atoms with Gasteiger partial charge in [-0.1, -0.05) is 55.7 Å². The van der Waals surface area contributed by atoms with E-state index in [9.17, 15) is 9.90 Å². The number of hydrogen-bond acceptors (Lipinski definition) is 4. The Kier molecular flexibility index (Phi) is 6.44. The predicted octanol–water partition coefficient (Wildman–Crippen LogP) is 3.16. The molecule has 1 N–H and O–H groups in total. The van der Waals surface area contributed by atoms with E-state index in [1.165, 1.54) is 25.3 Å². The summed E-state index contributed by atoms with van der Waals surface area (Å²) >= 11 is 0. The van der Waals surface area contributed by atoms with Crippen molar-refractivity contribution in [3.63, 3.8) is 0 Å². The van der Waals surface area contributed by atoms with Crippen molar-refractivity contribution in [1.82, 2.24) is 0 Å². The first kappa shape index (κ1) is 15.7. The summed E-state index contributed by atoms with van der Waals surface area (Å²) in [6.45, 7) is 0.172. The first-order chi connectivity index (χ1) is 10.3. The molecule has 1 atom stereocenters. The zero-order chi connectivity index (χ0) is 14.9. The van der Waals surface area contributed by atoms with E-state index in [4.69, 9.17) is 4.89 Å². The summed E-state index contributed by atoms with van der Waals surface area (Å²) in [4.78, 5) is 21.0. The van der Waals surface area contributed by atoms with Crippen LogP contribution in [0, 0.1) is 5.92 Å². The maximum absolute atomic E-state index is 11.6. The summed E-state index contributed by atoms with van der Waals surface area (Å²) in [6.07, 6.45) is 8.13. The van der Waals surface area contributed by atoms with Crippen LogP contribution in [-0.2, 0) is 21.2 Å². The molecule has 0 radical (unpaired) electrons. The quantitative estimate of drug-likeness (QED) is 0.497. The molecule has 4 nitrogen and oxygen atoms in total. The van der Waals surface area contributed by atoms with Gasteiger partial charge in [0, 0.05) is 0 Å². The molecule has 0 aromatic heterocycles. The van der Waals surface area contributed by atoms with Gasteiger partial charge in [0.05, 0.1) is 0 Å². The fourth-order valence-corrected chi connectivity index (χ4v) is 2.45. The first-order valence-electron chi connectivity index (χ1n) is 7.49. The Bertz CT molecular complexity index is 449. The highest BCUT2D eigenvalue weighted by Crippen LogP contribution is 2.24. The smallest absolute Gasteiger partial charge is 0.374 e. The second-order valence-corrected chi connectivity index (χ2v) is 5.38. The lowest BCUT2D eigenvalue weighted by Gasteiger charge is -2.18. The zero-order valence-corrected chi connectivity index (χ0v) is 12.1. The summed E-state index contributed by atoms with van der Waals surface area (Å²) < 4.78 is 0. The molecular formula is C17H22O4. The van der Waals surface area contributed by atoms with Gasteiger partial charge in [-0.25, -0.2) is 4.79 Å². The average molecular weight is 290 g/mol. The Balaban J connectivity index is 1.68. The van der Waals surface area contributed by atoms with Crippen molar-refractivity contribution in [2.75, 3.05) is 0 Å². The van der Waals surface area contributed by atoms with Crippen molar-refractivity contribution in [3.05, 3.63) is 48.0 Å². The van der Waals surface area contributed by atoms with Gasteiger partial charge in [0.2, 0.25) is 0 Å². The van der Waals surface area contributed by atoms with Crippen LogP contribution >= 0.6 is 0 Å². The van der Waals surface area contributed by atoms with E-state index in [0.717, 1.165) is 18.4 Å². The van der Waals surface area contributed by atoms with E-state index in [1.807, 2.05) is 36.4 Å². The molecule has 0 bridgehead atoms. The lowest BCUT2D eigenvalue weighted by Crippen LogP contribution is -2.21. The largest absolute Gasteiger partial charge is 0.377 e. The molecule has 1 aromatic rings. The molecule has 1 aliphatic carbocycles. The molecule has 1 fully saturated rings. The molecule has 1 saturated carbocycles. The average Bonchev–Trinajstić information content (AvgIpc) is 2.54. The Morgan fingerprint density at radius 1 is 1.24 bits per heavy atom. The van der Waals surface area contributed by atoms with E-state index in [2.05, 4.69) is 4.89 Å². The number of rotatable bonds is 6. The van der Waals surface area contributed by atoms with E-state index >= 15 is 0 Å². The molecule has 1 aliphatic rings. The number of carbonyl (C=O) groups is 1. The zero-order valence-electron chi connectivity index (χ0n) is 12.1. The molecule has 0 saturated heterocycles. The topological polar surface area (TPSA) is 55.8 Å². The molecular weight excluding hydrogens is 268 g/mol. The second kappa shape index (κ2) is 8.60. The highest BCUT2D eigenvalue weighted by molar-refractivity contribution is 5.75. The second-order valence-electron chi connectivity index (χ2n) is 5.38. The predicted molar refractivity (Wildman–Crippen MR) is 79.0 cm³/mol. The Morgan fingerprint density at radius 3 is 2.67 bits per heavy atom. The van der Waals surface area contributed by atoms with Crippen LogP contribution in [0.25, 0.3) is 0 Å². The van der Waals surface area contributed by atoms with Crippen molar-refractivity contribution in [1.29, 1.82) is 0 Å². The van der Waals surface area contributed by atoms with Gasteiger partial charge in [0.15, 0.2) is 6.10 Å². The normalized spacial score (nSPS) is 17.8. The molecule has 0 aliphatic heterocycles. The van der Waals surface area contributed by atoms with E-state index in [0.29, 0.717) is 5.92 Å². The third-order valence-electron chi connectivity index (χ3n) is 3.67. The van der Waals surface area contributed by atoms with Gasteiger partial charge >= 0.3 is 5.97 Å². The van der Waals surface area contributed by atoms with Gasteiger partial charge in [-0.3, -0.25) is 4.89 Å². The van der Waals surface area contributed by atoms with Crippen molar-refractivity contribution < 1.29 is 19.7 Å². The molecule has 0 amide bonds. The third-order valence-corrected chi connectivity index (χ3v) is 3.67. The number of aliphatic hydroxyl groups excluding tert-OH is 1. The molecule has 21 heavy (non-hydrogen) atoms. The number of aliphatic hydroxyl groups is 1. The van der Waals surface area contributed by atoms with Crippen molar-refractivity contribution in [2.24, 2.45) is 5.92 Å². The number of allylic oxidation sites excluding steroid dienone is 1. The van der Waals surface area contributed by atoms with Gasteiger partial charge in [-0.05, 0) is 30.4 Å². The molecule has 1 aromatic carbocycles. The van der Waals surface area contributed by atoms with Crippen molar-refractivity contribution in [2.45, 2.75) is 44.8 Å². The summed E-state index contributed by atoms with van der Waals surface area (Å²) in [7, 11) is 0. The van der Waals surface area contributed by atoms with Gasteiger partial charge < -0.3 is 5.11 Å². The lowest BCUT2D eigenvalue weighted by atomic mass is 9.89. The number of carbonyl (C=O) groups excluding carboxylic acids is 1. The van der Waals surface area contributed by atoms with E-state index < -0.39 is 12.1 Å². The lowest BCUT2D eigenvalue weighted by molar-refractivity contribution is -0.284. The minimum absolute atomic E-state index is 0.172. The van der Waals surface area contributed by atoms with Crippen LogP contribution in [0.15, 0.2) is 42.5 Å². The molecule has 4 heteroatoms. The van der Waals surface area contributed by atoms with Gasteiger partial charge in [0.25, 0.3) is 0 Å². The SMILES string of the molecule is O=C(OOCc1ccccc1)[C@@H](O)/C=C/C1CCCCC1. The Morgan fingerprint density at radius 2 is 1.95 bits per heavy atom. The fraction of sp³-hybridized carbons (Fsp3) is 0.471. The van der Waals surface area contributed by atoms with Crippen LogP contribution in [0.1, 0.15) is 37.7 Å². The highest BCUT2D eigenvalue weighted by atomic mass is 17.2. The minimum Gasteiger partial charge on any atom is -0.377 e. The van der Waals surface area contributed by atoms with Crippen molar-refractivity contribution >= 4 is 5.97 Å². The van der Waals surface area contributed by atoms with Crippen LogP contribution in [0.5, 0.6) is 0 Å². The van der Waals surface area contributed by atoms with Crippen LogP contribution in [0.2, 0.25) is 0 Å². The minimum atomic E-state index is -1.26. The molecule has 0 spiro atoms. The number of benzene rings is 1. The third kappa shape index (κ3) is 5.69. The fourth-order valence-electron chi connectivity index (χ4n) is 2.45. The maximum atomic E-state index is 11.6. The molecule has 2 rings (SSSR count). The van der Waals surface area contributed by atoms with Crippen LogP contribution < -0.4 is 0 Å².